The number of quaternary nitrogens is 1. The number of ether oxygens (including phenoxy) is 1. The Balaban J connectivity index is 5.92. The van der Waals surface area contributed by atoms with E-state index < -0.39 is 16.4 Å². The molecule has 0 saturated heterocycles. The van der Waals surface area contributed by atoms with Crippen molar-refractivity contribution in [1.82, 2.24) is 0 Å². The molecule has 0 aliphatic carbocycles. The lowest BCUT2D eigenvalue weighted by molar-refractivity contribution is -0.771. The zero-order chi connectivity index (χ0) is 15.1. The molecule has 0 spiro atoms. The van der Waals surface area contributed by atoms with Crippen LogP contribution in [0.4, 0.5) is 0 Å². The lowest BCUT2D eigenvalue weighted by Gasteiger charge is -2.27. The molecule has 0 aromatic heterocycles. The fraction of sp³-hybridized carbons (Fsp3) is 0.308. The van der Waals surface area contributed by atoms with Crippen LogP contribution >= 0.6 is 0 Å². The summed E-state index contributed by atoms with van der Waals surface area (Å²) in [6.07, 6.45) is 3.59. The molecular weight excluding hydrogens is 248 g/mol. The van der Waals surface area contributed by atoms with Crippen LogP contribution in [0, 0.1) is 11.3 Å². The van der Waals surface area contributed by atoms with Crippen molar-refractivity contribution in [3.8, 4) is 6.07 Å². The van der Waals surface area contributed by atoms with Crippen molar-refractivity contribution in [1.29, 1.82) is 5.26 Å². The lowest BCUT2D eigenvalue weighted by Crippen LogP contribution is -2.45. The third-order valence-corrected chi connectivity index (χ3v) is 2.26. The first-order valence-corrected chi connectivity index (χ1v) is 5.37. The highest BCUT2D eigenvalue weighted by Gasteiger charge is 2.34. The second-order valence-corrected chi connectivity index (χ2v) is 4.00. The summed E-state index contributed by atoms with van der Waals surface area (Å²) >= 11 is 0. The molecule has 0 rings (SSSR count). The SMILES string of the molecule is C=C(C)C(=O)[N+](C=CC#N)(C=C(C)C(=O)O)COC. The van der Waals surface area contributed by atoms with Crippen LogP contribution in [0.3, 0.4) is 0 Å². The number of hydrogen-bond acceptors (Lipinski definition) is 4. The van der Waals surface area contributed by atoms with Crippen LogP contribution in [0.5, 0.6) is 0 Å². The molecule has 19 heavy (non-hydrogen) atoms. The number of hydrogen-bond donors (Lipinski definition) is 1. The third-order valence-electron chi connectivity index (χ3n) is 2.26. The van der Waals surface area contributed by atoms with Crippen molar-refractivity contribution in [3.63, 3.8) is 0 Å². The summed E-state index contributed by atoms with van der Waals surface area (Å²) in [5.41, 5.74) is 0.198. The Hall–Kier alpha value is -2.23. The summed E-state index contributed by atoms with van der Waals surface area (Å²) in [6.45, 7) is 6.29. The summed E-state index contributed by atoms with van der Waals surface area (Å²) < 4.78 is 4.41. The molecule has 0 aromatic carbocycles. The number of nitriles is 1. The molecule has 102 valence electrons. The highest BCUT2D eigenvalue weighted by atomic mass is 16.5. The highest BCUT2D eigenvalue weighted by molar-refractivity contribution is 5.89. The van der Waals surface area contributed by atoms with Crippen molar-refractivity contribution in [2.45, 2.75) is 13.8 Å². The lowest BCUT2D eigenvalue weighted by atomic mass is 10.2. The number of rotatable bonds is 6. The Morgan fingerprint density at radius 2 is 2.05 bits per heavy atom. The first-order valence-electron chi connectivity index (χ1n) is 5.37. The molecule has 6 heteroatoms. The maximum atomic E-state index is 12.2. The Morgan fingerprint density at radius 1 is 1.47 bits per heavy atom. The van der Waals surface area contributed by atoms with Crippen LogP contribution < -0.4 is 0 Å². The number of carbonyl (C=O) groups is 2. The number of carboxylic acid groups (broad SMARTS) is 1. The molecule has 1 unspecified atom stereocenters. The van der Waals surface area contributed by atoms with Gasteiger partial charge in [-0.25, -0.2) is 9.59 Å². The van der Waals surface area contributed by atoms with E-state index in [0.29, 0.717) is 0 Å². The normalized spacial score (nSPS) is 14.7. The van der Waals surface area contributed by atoms with Gasteiger partial charge in [0, 0.05) is 12.7 Å². The molecular formula is C13H17N2O4+. The second-order valence-electron chi connectivity index (χ2n) is 4.00. The number of methoxy groups -OCH3 is 1. The van der Waals surface area contributed by atoms with E-state index in [2.05, 4.69) is 6.58 Å². The molecule has 1 N–H and O–H groups in total. The number of nitrogens with zero attached hydrogens (tertiary/aromatic N) is 2. The Kier molecular flexibility index (Phi) is 6.41. The van der Waals surface area contributed by atoms with E-state index in [0.717, 1.165) is 6.08 Å². The van der Waals surface area contributed by atoms with E-state index in [9.17, 15) is 9.59 Å². The van der Waals surface area contributed by atoms with Crippen molar-refractivity contribution in [2.75, 3.05) is 13.8 Å². The molecule has 0 fully saturated rings. The average molecular weight is 265 g/mol. The molecule has 1 amide bonds. The smallest absolute Gasteiger partial charge is 0.352 e. The average Bonchev–Trinajstić information content (AvgIpc) is 2.34. The van der Waals surface area contributed by atoms with Crippen molar-refractivity contribution < 1.29 is 23.9 Å². The standard InChI is InChI=1S/C13H16N2O4/c1-10(2)12(16)15(9-19-4,7-5-6-14)8-11(3)13(17)18/h5,7-8H,1,9H2,2-4H3/p+1. The second kappa shape index (κ2) is 7.26. The van der Waals surface area contributed by atoms with Crippen LogP contribution in [0.25, 0.3) is 0 Å². The van der Waals surface area contributed by atoms with Crippen LogP contribution in [0.2, 0.25) is 0 Å². The van der Waals surface area contributed by atoms with E-state index in [-0.39, 0.29) is 17.9 Å². The summed E-state index contributed by atoms with van der Waals surface area (Å²) in [6, 6.07) is 1.77. The molecule has 0 aliphatic rings. The summed E-state index contributed by atoms with van der Waals surface area (Å²) in [5.74, 6) is -1.60. The zero-order valence-corrected chi connectivity index (χ0v) is 11.2. The van der Waals surface area contributed by atoms with Crippen LogP contribution in [-0.4, -0.2) is 35.3 Å². The fourth-order valence-corrected chi connectivity index (χ4v) is 1.44. The van der Waals surface area contributed by atoms with Crippen LogP contribution in [0.15, 0.2) is 36.2 Å². The molecule has 0 radical (unpaired) electrons. The minimum absolute atomic E-state index is 0.0331. The minimum Gasteiger partial charge on any atom is -0.478 e. The first kappa shape index (κ1) is 16.8. The monoisotopic (exact) mass is 265 g/mol. The maximum Gasteiger partial charge on any atom is 0.352 e. The summed E-state index contributed by atoms with van der Waals surface area (Å²) in [7, 11) is 1.38. The first-order chi connectivity index (χ1) is 8.80. The van der Waals surface area contributed by atoms with Gasteiger partial charge >= 0.3 is 11.9 Å². The van der Waals surface area contributed by atoms with Gasteiger partial charge in [0.2, 0.25) is 0 Å². The fourth-order valence-electron chi connectivity index (χ4n) is 1.44. The molecule has 0 heterocycles. The minimum atomic E-state index is -1.15. The van der Waals surface area contributed by atoms with Gasteiger partial charge in [0.1, 0.15) is 12.4 Å². The number of carbonyl (C=O) groups excluding carboxylic acids is 1. The van der Waals surface area contributed by atoms with Crippen molar-refractivity contribution >= 4 is 11.9 Å². The van der Waals surface area contributed by atoms with E-state index in [4.69, 9.17) is 15.1 Å². The molecule has 0 bridgehead atoms. The van der Waals surface area contributed by atoms with Gasteiger partial charge in [-0.1, -0.05) is 6.58 Å². The van der Waals surface area contributed by atoms with Gasteiger partial charge in [-0.05, 0) is 13.8 Å². The zero-order valence-electron chi connectivity index (χ0n) is 11.2. The highest BCUT2D eigenvalue weighted by Crippen LogP contribution is 2.18. The van der Waals surface area contributed by atoms with Crippen molar-refractivity contribution in [2.24, 2.45) is 0 Å². The van der Waals surface area contributed by atoms with Crippen LogP contribution in [-0.2, 0) is 14.3 Å². The summed E-state index contributed by atoms with van der Waals surface area (Å²) in [4.78, 5) is 23.1. The molecule has 0 aliphatic heterocycles. The predicted octanol–water partition coefficient (Wildman–Crippen LogP) is 1.54. The Morgan fingerprint density at radius 3 is 2.42 bits per heavy atom. The van der Waals surface area contributed by atoms with Gasteiger partial charge in [0.05, 0.1) is 17.7 Å². The van der Waals surface area contributed by atoms with Crippen molar-refractivity contribution in [3.05, 3.63) is 36.2 Å². The van der Waals surface area contributed by atoms with E-state index in [1.165, 1.54) is 33.4 Å². The maximum absolute atomic E-state index is 12.2. The molecule has 0 saturated carbocycles. The molecule has 1 atom stereocenters. The number of carboxylic acids is 1. The number of allylic oxidation sites excluding steroid dienone is 1. The quantitative estimate of drug-likeness (QED) is 0.340. The van der Waals surface area contributed by atoms with Gasteiger partial charge in [-0.2, -0.15) is 9.74 Å². The van der Waals surface area contributed by atoms with Gasteiger partial charge in [0.15, 0.2) is 6.73 Å². The summed E-state index contributed by atoms with van der Waals surface area (Å²) in [5, 5.41) is 17.5. The Bertz CT molecular complexity index is 485. The number of aliphatic carboxylic acids is 1. The van der Waals surface area contributed by atoms with Gasteiger partial charge in [-0.3, -0.25) is 0 Å². The van der Waals surface area contributed by atoms with Gasteiger partial charge < -0.3 is 9.84 Å². The van der Waals surface area contributed by atoms with E-state index in [1.54, 1.807) is 6.07 Å². The topological polar surface area (TPSA) is 87.4 Å². The van der Waals surface area contributed by atoms with Crippen LogP contribution in [0.1, 0.15) is 13.8 Å². The van der Waals surface area contributed by atoms with Gasteiger partial charge in [0.25, 0.3) is 0 Å². The van der Waals surface area contributed by atoms with Gasteiger partial charge in [-0.15, -0.1) is 0 Å². The third kappa shape index (κ3) is 4.50. The molecule has 6 nitrogen and oxygen atoms in total. The molecule has 0 aromatic rings. The van der Waals surface area contributed by atoms with E-state index >= 15 is 0 Å². The predicted molar refractivity (Wildman–Crippen MR) is 68.1 cm³/mol. The Labute approximate surface area is 112 Å². The number of amides is 1. The largest absolute Gasteiger partial charge is 0.478 e. The van der Waals surface area contributed by atoms with E-state index in [1.807, 2.05) is 0 Å².